The fourth-order valence-electron chi connectivity index (χ4n) is 3.52. The number of aromatic carboxylic acids is 1. The molecule has 3 unspecified atom stereocenters. The third-order valence-electron chi connectivity index (χ3n) is 4.65. The van der Waals surface area contributed by atoms with E-state index in [9.17, 15) is 9.90 Å². The van der Waals surface area contributed by atoms with Crippen molar-refractivity contribution in [2.75, 3.05) is 26.2 Å². The van der Waals surface area contributed by atoms with Crippen molar-refractivity contribution in [3.8, 4) is 5.75 Å². The van der Waals surface area contributed by atoms with Gasteiger partial charge in [-0.3, -0.25) is 4.90 Å². The summed E-state index contributed by atoms with van der Waals surface area (Å²) in [6, 6.07) is 6.56. The summed E-state index contributed by atoms with van der Waals surface area (Å²) in [5, 5.41) is 18.8. The summed E-state index contributed by atoms with van der Waals surface area (Å²) in [5.74, 6) is 0.715. The first kappa shape index (κ1) is 14.4. The number of carboxylic acids is 1. The summed E-state index contributed by atoms with van der Waals surface area (Å²) in [6.07, 6.45) is 1.94. The molecule has 2 aliphatic rings. The van der Waals surface area contributed by atoms with Crippen LogP contribution in [0.4, 0.5) is 0 Å². The van der Waals surface area contributed by atoms with Gasteiger partial charge < -0.3 is 14.9 Å². The third kappa shape index (κ3) is 3.19. The van der Waals surface area contributed by atoms with Crippen LogP contribution in [0.5, 0.6) is 5.75 Å². The van der Waals surface area contributed by atoms with Gasteiger partial charge in [0.15, 0.2) is 0 Å². The maximum atomic E-state index is 10.9. The largest absolute Gasteiger partial charge is 0.492 e. The van der Waals surface area contributed by atoms with E-state index in [1.807, 2.05) is 0 Å². The maximum Gasteiger partial charge on any atom is 0.335 e. The van der Waals surface area contributed by atoms with Crippen molar-refractivity contribution >= 4 is 5.97 Å². The number of likely N-dealkylation sites (tertiary alicyclic amines) is 1. The molecular weight excluding hydrogens is 270 g/mol. The van der Waals surface area contributed by atoms with E-state index in [1.54, 1.807) is 24.3 Å². The molecule has 2 N–H and O–H groups in total. The van der Waals surface area contributed by atoms with Gasteiger partial charge in [-0.1, -0.05) is 6.07 Å². The number of benzene rings is 1. The Morgan fingerprint density at radius 3 is 2.95 bits per heavy atom. The van der Waals surface area contributed by atoms with Crippen LogP contribution in [0.1, 0.15) is 23.2 Å². The van der Waals surface area contributed by atoms with Crippen LogP contribution >= 0.6 is 0 Å². The van der Waals surface area contributed by atoms with Gasteiger partial charge in [-0.25, -0.2) is 4.79 Å². The van der Waals surface area contributed by atoms with Crippen molar-refractivity contribution in [1.29, 1.82) is 0 Å². The average molecular weight is 291 g/mol. The van der Waals surface area contributed by atoms with Crippen molar-refractivity contribution in [2.24, 2.45) is 11.8 Å². The highest BCUT2D eigenvalue weighted by Gasteiger charge is 2.41. The molecule has 0 spiro atoms. The van der Waals surface area contributed by atoms with Gasteiger partial charge >= 0.3 is 5.97 Å². The van der Waals surface area contributed by atoms with Crippen molar-refractivity contribution in [2.45, 2.75) is 18.9 Å². The van der Waals surface area contributed by atoms with Crippen LogP contribution in [-0.2, 0) is 0 Å². The highest BCUT2D eigenvalue weighted by molar-refractivity contribution is 5.87. The van der Waals surface area contributed by atoms with E-state index < -0.39 is 5.97 Å². The van der Waals surface area contributed by atoms with E-state index in [4.69, 9.17) is 9.84 Å². The third-order valence-corrected chi connectivity index (χ3v) is 4.65. The van der Waals surface area contributed by atoms with Gasteiger partial charge in [-0.2, -0.15) is 0 Å². The molecule has 3 rings (SSSR count). The van der Waals surface area contributed by atoms with Gasteiger partial charge in [0.25, 0.3) is 0 Å². The molecule has 114 valence electrons. The van der Waals surface area contributed by atoms with Gasteiger partial charge in [0.2, 0.25) is 0 Å². The van der Waals surface area contributed by atoms with Gasteiger partial charge in [-0.05, 0) is 37.0 Å². The van der Waals surface area contributed by atoms with E-state index in [-0.39, 0.29) is 11.7 Å². The van der Waals surface area contributed by atoms with E-state index in [2.05, 4.69) is 4.90 Å². The lowest BCUT2D eigenvalue weighted by molar-refractivity contribution is 0.0696. The van der Waals surface area contributed by atoms with Gasteiger partial charge in [-0.15, -0.1) is 0 Å². The molecule has 3 atom stereocenters. The summed E-state index contributed by atoms with van der Waals surface area (Å²) < 4.78 is 5.64. The van der Waals surface area contributed by atoms with E-state index >= 15 is 0 Å². The predicted molar refractivity (Wildman–Crippen MR) is 77.6 cm³/mol. The maximum absolute atomic E-state index is 10.9. The number of aliphatic hydroxyl groups is 1. The topological polar surface area (TPSA) is 70.0 Å². The van der Waals surface area contributed by atoms with Gasteiger partial charge in [0, 0.05) is 25.6 Å². The minimum Gasteiger partial charge on any atom is -0.492 e. The second-order valence-corrected chi connectivity index (χ2v) is 6.01. The van der Waals surface area contributed by atoms with E-state index in [1.165, 1.54) is 0 Å². The van der Waals surface area contributed by atoms with E-state index in [0.717, 1.165) is 32.5 Å². The van der Waals surface area contributed by atoms with Crippen LogP contribution in [0.3, 0.4) is 0 Å². The lowest BCUT2D eigenvalue weighted by Crippen LogP contribution is -2.28. The number of nitrogens with zero attached hydrogens (tertiary/aromatic N) is 1. The molecule has 2 fully saturated rings. The molecule has 0 amide bonds. The predicted octanol–water partition coefficient (Wildman–Crippen LogP) is 1.47. The van der Waals surface area contributed by atoms with Crippen LogP contribution in [0.15, 0.2) is 24.3 Å². The first-order valence-electron chi connectivity index (χ1n) is 7.50. The second kappa shape index (κ2) is 6.03. The summed E-state index contributed by atoms with van der Waals surface area (Å²) in [7, 11) is 0. The molecule has 1 aromatic rings. The van der Waals surface area contributed by atoms with Crippen LogP contribution < -0.4 is 4.74 Å². The first-order chi connectivity index (χ1) is 10.1. The van der Waals surface area contributed by atoms with Crippen molar-refractivity contribution in [1.82, 2.24) is 4.90 Å². The molecule has 0 bridgehead atoms. The van der Waals surface area contributed by atoms with Gasteiger partial charge in [0.05, 0.1) is 11.7 Å². The number of hydrogen-bond acceptors (Lipinski definition) is 4. The molecule has 1 heterocycles. The van der Waals surface area contributed by atoms with Crippen LogP contribution in [0.2, 0.25) is 0 Å². The van der Waals surface area contributed by atoms with Crippen LogP contribution in [0, 0.1) is 11.8 Å². The Kier molecular flexibility index (Phi) is 4.12. The molecule has 21 heavy (non-hydrogen) atoms. The average Bonchev–Trinajstić information content (AvgIpc) is 3.02. The molecule has 1 aliphatic heterocycles. The standard InChI is InChI=1S/C16H21NO4/c18-15-5-4-12-9-17(10-14(12)15)6-7-21-13-3-1-2-11(8-13)16(19)20/h1-3,8,12,14-15,18H,4-7,9-10H2,(H,19,20). The van der Waals surface area contributed by atoms with E-state index in [0.29, 0.717) is 24.2 Å². The van der Waals surface area contributed by atoms with Crippen molar-refractivity contribution < 1.29 is 19.7 Å². The zero-order chi connectivity index (χ0) is 14.8. The van der Waals surface area contributed by atoms with Crippen molar-refractivity contribution in [3.05, 3.63) is 29.8 Å². The minimum atomic E-state index is -0.943. The number of hydrogen-bond donors (Lipinski definition) is 2. The highest BCUT2D eigenvalue weighted by Crippen LogP contribution is 2.37. The van der Waals surface area contributed by atoms with Gasteiger partial charge in [0.1, 0.15) is 12.4 Å². The monoisotopic (exact) mass is 291 g/mol. The number of carbonyl (C=O) groups is 1. The minimum absolute atomic E-state index is 0.131. The number of carboxylic acid groups (broad SMARTS) is 1. The fourth-order valence-corrected chi connectivity index (χ4v) is 3.52. The fraction of sp³-hybridized carbons (Fsp3) is 0.562. The summed E-state index contributed by atoms with van der Waals surface area (Å²) in [6.45, 7) is 3.35. The number of aliphatic hydroxyl groups excluding tert-OH is 1. The zero-order valence-corrected chi connectivity index (χ0v) is 11.9. The smallest absolute Gasteiger partial charge is 0.335 e. The molecule has 0 radical (unpaired) electrons. The van der Waals surface area contributed by atoms with Crippen LogP contribution in [0.25, 0.3) is 0 Å². The van der Waals surface area contributed by atoms with Crippen LogP contribution in [-0.4, -0.2) is 53.4 Å². The molecule has 5 nitrogen and oxygen atoms in total. The quantitative estimate of drug-likeness (QED) is 0.859. The number of fused-ring (bicyclic) bond motifs is 1. The Hall–Kier alpha value is -1.59. The lowest BCUT2D eigenvalue weighted by Gasteiger charge is -2.18. The Morgan fingerprint density at radius 2 is 2.19 bits per heavy atom. The number of ether oxygens (including phenoxy) is 1. The molecule has 1 saturated heterocycles. The normalized spacial score (nSPS) is 28.5. The highest BCUT2D eigenvalue weighted by atomic mass is 16.5. The second-order valence-electron chi connectivity index (χ2n) is 6.01. The Labute approximate surface area is 124 Å². The number of rotatable bonds is 5. The van der Waals surface area contributed by atoms with Crippen molar-refractivity contribution in [3.63, 3.8) is 0 Å². The molecule has 5 heteroatoms. The Balaban J connectivity index is 1.47. The lowest BCUT2D eigenvalue weighted by atomic mass is 10.00. The molecular formula is C16H21NO4. The summed E-state index contributed by atoms with van der Waals surface area (Å²) in [4.78, 5) is 13.2. The first-order valence-corrected chi connectivity index (χ1v) is 7.50. The Morgan fingerprint density at radius 1 is 1.33 bits per heavy atom. The molecule has 1 aliphatic carbocycles. The molecule has 1 saturated carbocycles. The Bertz CT molecular complexity index is 519. The zero-order valence-electron chi connectivity index (χ0n) is 11.9. The summed E-state index contributed by atoms with van der Waals surface area (Å²) in [5.41, 5.74) is 0.242. The molecule has 0 aromatic heterocycles. The molecule has 1 aromatic carbocycles. The summed E-state index contributed by atoms with van der Waals surface area (Å²) >= 11 is 0. The SMILES string of the molecule is O=C(O)c1cccc(OCCN2CC3CCC(O)C3C2)c1.